The zero-order valence-corrected chi connectivity index (χ0v) is 16.3. The maximum atomic E-state index is 12.5. The number of carbonyl (C=O) groups is 1. The van der Waals surface area contributed by atoms with Crippen LogP contribution in [-0.2, 0) is 11.2 Å². The number of carbonyl (C=O) groups excluding carboxylic acids is 1. The van der Waals surface area contributed by atoms with Gasteiger partial charge in [-0.3, -0.25) is 15.1 Å². The molecule has 2 aliphatic rings. The Hall–Kier alpha value is -2.86. The number of aromatic nitrogens is 1. The number of benzene rings is 1. The summed E-state index contributed by atoms with van der Waals surface area (Å²) in [5, 5.41) is 10.8. The first-order valence-electron chi connectivity index (χ1n) is 8.84. The molecule has 1 aromatic carbocycles. The number of amidine groups is 2. The number of aliphatic imine (C=N–C) groups is 1. The number of hydrogen-bond acceptors (Lipinski definition) is 3. The normalized spacial score (nSPS) is 17.7. The molecule has 2 aliphatic heterocycles. The molecule has 2 aromatic rings. The summed E-state index contributed by atoms with van der Waals surface area (Å²) in [6.45, 7) is 6.25. The number of thioether (sulfide) groups is 1. The van der Waals surface area contributed by atoms with Crippen molar-refractivity contribution in [1.82, 2.24) is 9.47 Å². The summed E-state index contributed by atoms with van der Waals surface area (Å²) in [6, 6.07) is 10.4. The molecule has 0 saturated heterocycles. The van der Waals surface area contributed by atoms with Crippen LogP contribution in [0.4, 0.5) is 0 Å². The van der Waals surface area contributed by atoms with Crippen LogP contribution in [0.3, 0.4) is 0 Å². The van der Waals surface area contributed by atoms with E-state index in [0.29, 0.717) is 10.7 Å². The minimum Gasteiger partial charge on any atom is -0.318 e. The van der Waals surface area contributed by atoms with Crippen molar-refractivity contribution in [3.63, 3.8) is 0 Å². The summed E-state index contributed by atoms with van der Waals surface area (Å²) in [5.41, 5.74) is 5.81. The van der Waals surface area contributed by atoms with E-state index in [1.807, 2.05) is 18.4 Å². The standard InChI is InChI=1S/C21H20N4OS/c1-4-15-7-5-6-8-18(15)25-13(2)11-16(14(25)3)12-17-19(22)24-9-10-27-21(24)23-20(17)26/h5-12,22H,4H2,1-3H3. The lowest BCUT2D eigenvalue weighted by Crippen LogP contribution is -2.35. The van der Waals surface area contributed by atoms with Crippen molar-refractivity contribution in [2.45, 2.75) is 27.2 Å². The summed E-state index contributed by atoms with van der Waals surface area (Å²) >= 11 is 1.36. The van der Waals surface area contributed by atoms with Gasteiger partial charge in [0.2, 0.25) is 0 Å². The topological polar surface area (TPSA) is 61.5 Å². The first-order chi connectivity index (χ1) is 13.0. The summed E-state index contributed by atoms with van der Waals surface area (Å²) in [7, 11) is 0. The molecule has 136 valence electrons. The van der Waals surface area contributed by atoms with Crippen molar-refractivity contribution in [2.24, 2.45) is 4.99 Å². The van der Waals surface area contributed by atoms with Gasteiger partial charge in [0, 0.05) is 23.3 Å². The number of amides is 1. The molecule has 27 heavy (non-hydrogen) atoms. The number of para-hydroxylation sites is 1. The Kier molecular flexibility index (Phi) is 4.36. The van der Waals surface area contributed by atoms with Crippen LogP contribution in [0, 0.1) is 19.3 Å². The van der Waals surface area contributed by atoms with E-state index in [9.17, 15) is 4.79 Å². The Bertz CT molecular complexity index is 1060. The Morgan fingerprint density at radius 2 is 2.04 bits per heavy atom. The number of nitrogens with one attached hydrogen (secondary N) is 1. The van der Waals surface area contributed by atoms with Gasteiger partial charge in [-0.05, 0) is 55.0 Å². The van der Waals surface area contributed by atoms with Gasteiger partial charge in [-0.1, -0.05) is 36.9 Å². The van der Waals surface area contributed by atoms with Crippen molar-refractivity contribution < 1.29 is 4.79 Å². The van der Waals surface area contributed by atoms with E-state index in [4.69, 9.17) is 5.41 Å². The number of aryl methyl sites for hydroxylation is 2. The molecule has 4 rings (SSSR count). The van der Waals surface area contributed by atoms with Crippen LogP contribution in [-0.4, -0.2) is 26.4 Å². The van der Waals surface area contributed by atoms with Crippen LogP contribution < -0.4 is 0 Å². The molecule has 1 N–H and O–H groups in total. The van der Waals surface area contributed by atoms with Gasteiger partial charge in [0.25, 0.3) is 5.91 Å². The third-order valence-electron chi connectivity index (χ3n) is 4.90. The second kappa shape index (κ2) is 6.70. The Balaban J connectivity index is 1.81. The summed E-state index contributed by atoms with van der Waals surface area (Å²) in [5.74, 6) is -0.189. The maximum Gasteiger partial charge on any atom is 0.283 e. The van der Waals surface area contributed by atoms with E-state index in [2.05, 4.69) is 47.7 Å². The predicted octanol–water partition coefficient (Wildman–Crippen LogP) is 4.43. The smallest absolute Gasteiger partial charge is 0.283 e. The molecule has 0 saturated carbocycles. The van der Waals surface area contributed by atoms with Crippen molar-refractivity contribution in [3.05, 3.63) is 70.0 Å². The van der Waals surface area contributed by atoms with E-state index in [-0.39, 0.29) is 11.7 Å². The van der Waals surface area contributed by atoms with E-state index in [1.165, 1.54) is 17.3 Å². The molecule has 6 heteroatoms. The van der Waals surface area contributed by atoms with Gasteiger partial charge in [0.15, 0.2) is 5.17 Å². The average Bonchev–Trinajstić information content (AvgIpc) is 3.23. The molecule has 0 fully saturated rings. The molecule has 5 nitrogen and oxygen atoms in total. The van der Waals surface area contributed by atoms with Crippen molar-refractivity contribution >= 4 is 34.7 Å². The monoisotopic (exact) mass is 376 g/mol. The zero-order chi connectivity index (χ0) is 19.1. The van der Waals surface area contributed by atoms with Gasteiger partial charge in [0.1, 0.15) is 5.84 Å². The fourth-order valence-electron chi connectivity index (χ4n) is 3.52. The molecule has 0 spiro atoms. The molecular formula is C21H20N4OS. The highest BCUT2D eigenvalue weighted by Gasteiger charge is 2.31. The second-order valence-corrected chi connectivity index (χ2v) is 7.40. The SMILES string of the molecule is CCc1ccccc1-n1c(C)cc(C=C2C(=N)N3C=CSC3=NC2=O)c1C. The lowest BCUT2D eigenvalue weighted by molar-refractivity contribution is -0.114. The fourth-order valence-corrected chi connectivity index (χ4v) is 4.22. The Labute approximate surface area is 162 Å². The average molecular weight is 376 g/mol. The molecule has 0 radical (unpaired) electrons. The fraction of sp³-hybridized carbons (Fsp3) is 0.190. The van der Waals surface area contributed by atoms with Crippen LogP contribution in [0.25, 0.3) is 11.8 Å². The quantitative estimate of drug-likeness (QED) is 0.806. The van der Waals surface area contributed by atoms with Crippen molar-refractivity contribution in [1.29, 1.82) is 5.41 Å². The molecule has 1 aromatic heterocycles. The van der Waals surface area contributed by atoms with Crippen molar-refractivity contribution in [3.8, 4) is 5.69 Å². The molecular weight excluding hydrogens is 356 g/mol. The minimum absolute atomic E-state index is 0.171. The highest BCUT2D eigenvalue weighted by Crippen LogP contribution is 2.29. The van der Waals surface area contributed by atoms with Gasteiger partial charge in [-0.25, -0.2) is 0 Å². The summed E-state index contributed by atoms with van der Waals surface area (Å²) < 4.78 is 2.21. The molecule has 0 aliphatic carbocycles. The molecule has 3 heterocycles. The molecule has 0 bridgehead atoms. The van der Waals surface area contributed by atoms with Gasteiger partial charge in [-0.2, -0.15) is 4.99 Å². The van der Waals surface area contributed by atoms with E-state index >= 15 is 0 Å². The van der Waals surface area contributed by atoms with Crippen LogP contribution in [0.15, 0.2) is 52.5 Å². The number of nitrogens with zero attached hydrogens (tertiary/aromatic N) is 3. The number of rotatable bonds is 3. The lowest BCUT2D eigenvalue weighted by Gasteiger charge is -2.22. The lowest BCUT2D eigenvalue weighted by atomic mass is 10.1. The van der Waals surface area contributed by atoms with Gasteiger partial charge in [-0.15, -0.1) is 0 Å². The predicted molar refractivity (Wildman–Crippen MR) is 111 cm³/mol. The van der Waals surface area contributed by atoms with Gasteiger partial charge >= 0.3 is 0 Å². The third-order valence-corrected chi connectivity index (χ3v) is 5.65. The Morgan fingerprint density at radius 1 is 1.26 bits per heavy atom. The first kappa shape index (κ1) is 17.5. The van der Waals surface area contributed by atoms with Crippen LogP contribution in [0.2, 0.25) is 0 Å². The summed E-state index contributed by atoms with van der Waals surface area (Å²) in [6.07, 6.45) is 4.51. The highest BCUT2D eigenvalue weighted by molar-refractivity contribution is 8.16. The van der Waals surface area contributed by atoms with Crippen molar-refractivity contribution in [2.75, 3.05) is 0 Å². The van der Waals surface area contributed by atoms with Crippen LogP contribution in [0.5, 0.6) is 0 Å². The number of fused-ring (bicyclic) bond motifs is 1. The van der Waals surface area contributed by atoms with E-state index < -0.39 is 0 Å². The van der Waals surface area contributed by atoms with Crippen LogP contribution >= 0.6 is 11.8 Å². The van der Waals surface area contributed by atoms with E-state index in [0.717, 1.165) is 29.1 Å². The largest absolute Gasteiger partial charge is 0.318 e. The first-order valence-corrected chi connectivity index (χ1v) is 9.72. The van der Waals surface area contributed by atoms with E-state index in [1.54, 1.807) is 17.2 Å². The molecule has 0 atom stereocenters. The second-order valence-electron chi connectivity index (χ2n) is 6.52. The molecule has 0 unspecified atom stereocenters. The Morgan fingerprint density at radius 3 is 2.81 bits per heavy atom. The van der Waals surface area contributed by atoms with Crippen LogP contribution in [0.1, 0.15) is 29.4 Å². The van der Waals surface area contributed by atoms with Gasteiger partial charge < -0.3 is 4.57 Å². The minimum atomic E-state index is -0.360. The molecule has 1 amide bonds. The number of hydrogen-bond donors (Lipinski definition) is 1. The third kappa shape index (κ3) is 2.86. The van der Waals surface area contributed by atoms with Gasteiger partial charge in [0.05, 0.1) is 5.57 Å². The maximum absolute atomic E-state index is 12.5. The zero-order valence-electron chi connectivity index (χ0n) is 15.5. The highest BCUT2D eigenvalue weighted by atomic mass is 32.2. The summed E-state index contributed by atoms with van der Waals surface area (Å²) in [4.78, 5) is 18.2.